The fourth-order valence-corrected chi connectivity index (χ4v) is 4.73. The van der Waals surface area contributed by atoms with E-state index in [2.05, 4.69) is 26.5 Å². The maximum absolute atomic E-state index is 12.8. The van der Waals surface area contributed by atoms with Gasteiger partial charge in [-0.2, -0.15) is 0 Å². The van der Waals surface area contributed by atoms with Crippen LogP contribution in [0.1, 0.15) is 26.3 Å². The van der Waals surface area contributed by atoms with Crippen LogP contribution in [0.3, 0.4) is 0 Å². The lowest BCUT2D eigenvalue weighted by Crippen LogP contribution is -2.19. The van der Waals surface area contributed by atoms with Crippen molar-refractivity contribution in [3.8, 4) is 17.2 Å². The van der Waals surface area contributed by atoms with Crippen LogP contribution in [0.4, 0.5) is 0 Å². The molecular formula is C28H28O4S. The van der Waals surface area contributed by atoms with Gasteiger partial charge in [0.2, 0.25) is 9.84 Å². The van der Waals surface area contributed by atoms with Gasteiger partial charge in [0.1, 0.15) is 17.2 Å². The van der Waals surface area contributed by atoms with E-state index in [0.717, 1.165) is 11.1 Å². The summed E-state index contributed by atoms with van der Waals surface area (Å²) in [6.45, 7) is 10.1. The predicted octanol–water partition coefficient (Wildman–Crippen LogP) is 6.98. The number of aromatic hydroxyl groups is 1. The molecule has 0 spiro atoms. The number of ether oxygens (including phenoxy) is 1. The molecular weight excluding hydrogens is 432 g/mol. The van der Waals surface area contributed by atoms with Gasteiger partial charge in [-0.05, 0) is 78.7 Å². The van der Waals surface area contributed by atoms with Crippen molar-refractivity contribution in [2.75, 3.05) is 0 Å². The zero-order chi connectivity index (χ0) is 24.1. The number of hydrogen-bond donors (Lipinski definition) is 1. The number of benzene rings is 3. The maximum Gasteiger partial charge on any atom is 0.206 e. The average Bonchev–Trinajstić information content (AvgIpc) is 2.80. The summed E-state index contributed by atoms with van der Waals surface area (Å²) in [5.74, 6) is 1.21. The molecule has 0 aromatic heterocycles. The van der Waals surface area contributed by atoms with Crippen molar-refractivity contribution < 1.29 is 18.3 Å². The fraction of sp³-hybridized carbons (Fsp3) is 0.143. The third kappa shape index (κ3) is 5.44. The second-order valence-electron chi connectivity index (χ2n) is 8.08. The Morgan fingerprint density at radius 2 is 1.36 bits per heavy atom. The number of phenols is 1. The molecule has 170 valence electrons. The summed E-state index contributed by atoms with van der Waals surface area (Å²) in [6, 6.07) is 19.6. The Hall–Kier alpha value is -3.57. The van der Waals surface area contributed by atoms with E-state index in [1.807, 2.05) is 43.3 Å². The lowest BCUT2D eigenvalue weighted by atomic mass is 9.77. The molecule has 0 aliphatic carbocycles. The van der Waals surface area contributed by atoms with Crippen LogP contribution in [0.5, 0.6) is 17.2 Å². The van der Waals surface area contributed by atoms with Gasteiger partial charge in [-0.15, -0.1) is 0 Å². The maximum atomic E-state index is 12.8. The highest BCUT2D eigenvalue weighted by atomic mass is 32.2. The highest BCUT2D eigenvalue weighted by Gasteiger charge is 2.23. The fourth-order valence-electron chi connectivity index (χ4n) is 3.47. The third-order valence-corrected chi connectivity index (χ3v) is 7.24. The monoisotopic (exact) mass is 460 g/mol. The molecule has 0 saturated carbocycles. The summed E-state index contributed by atoms with van der Waals surface area (Å²) in [4.78, 5) is 0.276. The minimum atomic E-state index is -3.67. The van der Waals surface area contributed by atoms with Gasteiger partial charge in [-0.3, -0.25) is 0 Å². The number of phenolic OH excluding ortho intramolecular Hbond substituents is 1. The van der Waals surface area contributed by atoms with E-state index in [0.29, 0.717) is 11.5 Å². The predicted molar refractivity (Wildman–Crippen MR) is 133 cm³/mol. The Morgan fingerprint density at radius 1 is 0.879 bits per heavy atom. The van der Waals surface area contributed by atoms with Crippen LogP contribution in [0.25, 0.3) is 0 Å². The second kappa shape index (κ2) is 9.92. The molecule has 0 aliphatic heterocycles. The van der Waals surface area contributed by atoms with Crippen LogP contribution < -0.4 is 4.74 Å². The number of rotatable bonds is 8. The number of hydrogen-bond acceptors (Lipinski definition) is 4. The molecule has 0 radical (unpaired) electrons. The van der Waals surface area contributed by atoms with Gasteiger partial charge < -0.3 is 9.84 Å². The molecule has 4 nitrogen and oxygen atoms in total. The normalized spacial score (nSPS) is 12.6. The van der Waals surface area contributed by atoms with E-state index in [1.165, 1.54) is 36.4 Å². The van der Waals surface area contributed by atoms with Gasteiger partial charge in [0, 0.05) is 5.41 Å². The molecule has 3 aromatic rings. The minimum Gasteiger partial charge on any atom is -0.508 e. The third-order valence-electron chi connectivity index (χ3n) is 5.46. The zero-order valence-electron chi connectivity index (χ0n) is 19.0. The molecule has 0 aliphatic rings. The van der Waals surface area contributed by atoms with Gasteiger partial charge in [0.15, 0.2) is 0 Å². The Morgan fingerprint density at radius 3 is 1.85 bits per heavy atom. The largest absolute Gasteiger partial charge is 0.508 e. The molecule has 3 aromatic carbocycles. The molecule has 3 rings (SSSR count). The van der Waals surface area contributed by atoms with Crippen molar-refractivity contribution in [1.29, 1.82) is 0 Å². The Labute approximate surface area is 196 Å². The van der Waals surface area contributed by atoms with Crippen LogP contribution in [0.15, 0.2) is 119 Å². The molecule has 0 unspecified atom stereocenters. The molecule has 0 atom stereocenters. The van der Waals surface area contributed by atoms with Crippen molar-refractivity contribution in [3.63, 3.8) is 0 Å². The highest BCUT2D eigenvalue weighted by Crippen LogP contribution is 2.34. The molecule has 0 fully saturated rings. The van der Waals surface area contributed by atoms with E-state index in [4.69, 9.17) is 4.74 Å². The van der Waals surface area contributed by atoms with Crippen LogP contribution in [0.2, 0.25) is 0 Å². The number of sulfone groups is 1. The van der Waals surface area contributed by atoms with Crippen molar-refractivity contribution >= 4 is 9.84 Å². The van der Waals surface area contributed by atoms with Crippen molar-refractivity contribution in [2.24, 2.45) is 0 Å². The molecule has 0 saturated heterocycles. The SMILES string of the molecule is C=C/C=C(\C=C/C)C(C)(C)c1ccc(Oc2ccc(S(=O)(=O)c3ccc(O)cc3)cc2)cc1. The van der Waals surface area contributed by atoms with Crippen LogP contribution in [-0.4, -0.2) is 13.5 Å². The Balaban J connectivity index is 1.77. The molecule has 33 heavy (non-hydrogen) atoms. The van der Waals surface area contributed by atoms with Crippen LogP contribution >= 0.6 is 0 Å². The average molecular weight is 461 g/mol. The summed E-state index contributed by atoms with van der Waals surface area (Å²) in [7, 11) is -3.67. The minimum absolute atomic E-state index is 0.0156. The first-order valence-electron chi connectivity index (χ1n) is 10.6. The standard InChI is InChI=1S/C28H28O4S/c1-5-7-21(8-6-2)28(3,4)22-9-13-24(14-10-22)32-25-15-19-27(20-16-25)33(30,31)26-17-11-23(29)12-18-26/h5-20,29H,1H2,2-4H3/b8-6-,21-7+. The lowest BCUT2D eigenvalue weighted by Gasteiger charge is -2.27. The Kier molecular flexibility index (Phi) is 7.24. The Bertz CT molecular complexity index is 1260. The molecule has 1 N–H and O–H groups in total. The second-order valence-corrected chi connectivity index (χ2v) is 10.0. The zero-order valence-corrected chi connectivity index (χ0v) is 19.8. The molecule has 0 heterocycles. The van der Waals surface area contributed by atoms with Crippen molar-refractivity contribution in [3.05, 3.63) is 115 Å². The smallest absolute Gasteiger partial charge is 0.206 e. The van der Waals surface area contributed by atoms with Crippen molar-refractivity contribution in [2.45, 2.75) is 36.0 Å². The van der Waals surface area contributed by atoms with E-state index < -0.39 is 9.84 Å². The summed E-state index contributed by atoms with van der Waals surface area (Å²) in [5.41, 5.74) is 2.08. The van der Waals surface area contributed by atoms with E-state index in [1.54, 1.807) is 18.2 Å². The topological polar surface area (TPSA) is 63.6 Å². The highest BCUT2D eigenvalue weighted by molar-refractivity contribution is 7.91. The van der Waals surface area contributed by atoms with Crippen LogP contribution in [0, 0.1) is 0 Å². The molecule has 5 heteroatoms. The van der Waals surface area contributed by atoms with E-state index in [9.17, 15) is 13.5 Å². The van der Waals surface area contributed by atoms with E-state index in [-0.39, 0.29) is 21.0 Å². The van der Waals surface area contributed by atoms with Crippen molar-refractivity contribution in [1.82, 2.24) is 0 Å². The number of allylic oxidation sites excluding steroid dienone is 5. The summed E-state index contributed by atoms with van der Waals surface area (Å²) in [5, 5.41) is 9.39. The quantitative estimate of drug-likeness (QED) is 0.368. The van der Waals surface area contributed by atoms with Gasteiger partial charge in [0.25, 0.3) is 0 Å². The summed E-state index contributed by atoms with van der Waals surface area (Å²) in [6.07, 6.45) is 7.90. The van der Waals surface area contributed by atoms with E-state index >= 15 is 0 Å². The molecule has 0 amide bonds. The summed E-state index contributed by atoms with van der Waals surface area (Å²) < 4.78 is 31.4. The van der Waals surface area contributed by atoms with Gasteiger partial charge in [0.05, 0.1) is 9.79 Å². The first-order valence-corrected chi connectivity index (χ1v) is 12.1. The first kappa shape index (κ1) is 24.1. The first-order chi connectivity index (χ1) is 15.7. The molecule has 0 bridgehead atoms. The lowest BCUT2D eigenvalue weighted by molar-refractivity contribution is 0.475. The summed E-state index contributed by atoms with van der Waals surface area (Å²) >= 11 is 0. The van der Waals surface area contributed by atoms with Gasteiger partial charge in [-0.25, -0.2) is 8.42 Å². The van der Waals surface area contributed by atoms with Gasteiger partial charge >= 0.3 is 0 Å². The van der Waals surface area contributed by atoms with Crippen LogP contribution in [-0.2, 0) is 15.3 Å². The van der Waals surface area contributed by atoms with Gasteiger partial charge in [-0.1, -0.05) is 56.9 Å².